The van der Waals surface area contributed by atoms with E-state index in [1.165, 1.54) is 40.7 Å². The van der Waals surface area contributed by atoms with E-state index in [-0.39, 0.29) is 13.4 Å². The van der Waals surface area contributed by atoms with E-state index >= 15 is 0 Å². The highest BCUT2D eigenvalue weighted by Gasteiger charge is 2.27. The van der Waals surface area contributed by atoms with Gasteiger partial charge in [-0.25, -0.2) is 14.5 Å². The van der Waals surface area contributed by atoms with Crippen molar-refractivity contribution in [2.24, 2.45) is 0 Å². The maximum absolute atomic E-state index is 12.5. The first-order valence-electron chi connectivity index (χ1n) is 15.8. The molecule has 1 saturated heterocycles. The molecule has 0 amide bonds. The average Bonchev–Trinajstić information content (AvgIpc) is 3.66. The van der Waals surface area contributed by atoms with Crippen LogP contribution in [0.3, 0.4) is 0 Å². The van der Waals surface area contributed by atoms with Crippen molar-refractivity contribution < 1.29 is 9.53 Å². The van der Waals surface area contributed by atoms with Crippen LogP contribution >= 0.6 is 0 Å². The van der Waals surface area contributed by atoms with Crippen LogP contribution in [0, 0.1) is 0 Å². The second-order valence-corrected chi connectivity index (χ2v) is 11.6. The minimum Gasteiger partial charge on any atom is -0.462 e. The third-order valence-corrected chi connectivity index (χ3v) is 9.14. The van der Waals surface area contributed by atoms with E-state index in [2.05, 4.69) is 59.8 Å². The molecule has 1 N–H and O–H groups in total. The lowest BCUT2D eigenvalue weighted by molar-refractivity contribution is 0.0525. The van der Waals surface area contributed by atoms with Crippen molar-refractivity contribution >= 4 is 5.97 Å². The number of nitrogens with zero attached hydrogens (tertiary/aromatic N) is 3. The third kappa shape index (κ3) is 6.16. The summed E-state index contributed by atoms with van der Waals surface area (Å²) < 4.78 is 7.04. The van der Waals surface area contributed by atoms with Gasteiger partial charge in [-0.15, -0.1) is 0 Å². The zero-order valence-corrected chi connectivity index (χ0v) is 25.2. The summed E-state index contributed by atoms with van der Waals surface area (Å²) >= 11 is 0. The molecular formula is C37H46N4O2. The molecule has 3 heterocycles. The standard InChI is InChI=1S/C36H42N4O2.CH4/c1-4-25-21-24(13-16-29(25)26-17-19-37-20-18-26)22-28-15-14-27-9-7-10-30(35(27)28)32-11-8-12-34(39-32)40-33(5-2)31(23-38-40)36(41)42-6-3;/h7-13,16,21,23,26,28,37H,4-6,14-15,17-20,22H2,1-3H3;1H4. The molecule has 1 aliphatic carbocycles. The van der Waals surface area contributed by atoms with E-state index in [4.69, 9.17) is 9.72 Å². The zero-order valence-electron chi connectivity index (χ0n) is 25.2. The molecule has 1 atom stereocenters. The highest BCUT2D eigenvalue weighted by molar-refractivity contribution is 5.90. The Bertz CT molecular complexity index is 1570. The SMILES string of the molecule is C.CCOC(=O)c1cnn(-c2cccc(-c3cccc4c3C(Cc3ccc(C5CCNCC5)c(CC)c3)CC4)n2)c1CC. The lowest BCUT2D eigenvalue weighted by atomic mass is 9.83. The molecule has 6 rings (SSSR count). The van der Waals surface area contributed by atoms with Crippen LogP contribution in [-0.4, -0.2) is 40.4 Å². The lowest BCUT2D eigenvalue weighted by Gasteiger charge is -2.26. The summed E-state index contributed by atoms with van der Waals surface area (Å²) in [6.45, 7) is 8.72. The summed E-state index contributed by atoms with van der Waals surface area (Å²) in [5, 5.41) is 8.06. The lowest BCUT2D eigenvalue weighted by Crippen LogP contribution is -2.27. The number of pyridine rings is 1. The average molecular weight is 579 g/mol. The Hall–Kier alpha value is -3.77. The molecule has 2 aliphatic rings. The molecule has 0 spiro atoms. The first-order chi connectivity index (χ1) is 20.6. The van der Waals surface area contributed by atoms with E-state index in [0.717, 1.165) is 50.2 Å². The van der Waals surface area contributed by atoms with E-state index in [9.17, 15) is 4.79 Å². The number of esters is 1. The zero-order chi connectivity index (χ0) is 29.1. The van der Waals surface area contributed by atoms with Crippen LogP contribution < -0.4 is 5.32 Å². The van der Waals surface area contributed by atoms with Gasteiger partial charge in [0.2, 0.25) is 0 Å². The largest absolute Gasteiger partial charge is 0.462 e. The van der Waals surface area contributed by atoms with Crippen molar-refractivity contribution in [3.8, 4) is 17.1 Å². The molecule has 2 aromatic heterocycles. The van der Waals surface area contributed by atoms with Crippen molar-refractivity contribution in [2.45, 2.75) is 85.0 Å². The first-order valence-corrected chi connectivity index (χ1v) is 15.8. The van der Waals surface area contributed by atoms with E-state index in [1.807, 2.05) is 26.0 Å². The summed E-state index contributed by atoms with van der Waals surface area (Å²) in [7, 11) is 0. The van der Waals surface area contributed by atoms with E-state index < -0.39 is 0 Å². The van der Waals surface area contributed by atoms with Crippen molar-refractivity contribution in [1.29, 1.82) is 0 Å². The van der Waals surface area contributed by atoms with Crippen LogP contribution in [0.5, 0.6) is 0 Å². The Balaban J connectivity index is 0.00000368. The number of carbonyl (C=O) groups excluding carboxylic acids is 1. The Morgan fingerprint density at radius 3 is 2.58 bits per heavy atom. The Morgan fingerprint density at radius 2 is 1.81 bits per heavy atom. The van der Waals surface area contributed by atoms with Crippen molar-refractivity contribution in [2.75, 3.05) is 19.7 Å². The van der Waals surface area contributed by atoms with Gasteiger partial charge in [-0.2, -0.15) is 5.10 Å². The number of ether oxygens (including phenoxy) is 1. The number of hydrogen-bond donors (Lipinski definition) is 1. The molecule has 1 unspecified atom stereocenters. The Morgan fingerprint density at radius 1 is 1.00 bits per heavy atom. The van der Waals surface area contributed by atoms with Gasteiger partial charge in [0.05, 0.1) is 24.2 Å². The Labute approximate surface area is 256 Å². The molecule has 1 fully saturated rings. The second kappa shape index (κ2) is 13.7. The van der Waals surface area contributed by atoms with Gasteiger partial charge in [-0.1, -0.05) is 63.7 Å². The monoisotopic (exact) mass is 578 g/mol. The molecule has 226 valence electrons. The number of fused-ring (bicyclic) bond motifs is 1. The number of benzene rings is 2. The van der Waals surface area contributed by atoms with Crippen LogP contribution in [0.25, 0.3) is 17.1 Å². The fraction of sp³-hybridized carbons (Fsp3) is 0.432. The summed E-state index contributed by atoms with van der Waals surface area (Å²) in [5.41, 5.74) is 10.9. The van der Waals surface area contributed by atoms with Gasteiger partial charge in [-0.05, 0) is 117 Å². The van der Waals surface area contributed by atoms with Crippen molar-refractivity contribution in [3.05, 3.63) is 99.9 Å². The predicted octanol–water partition coefficient (Wildman–Crippen LogP) is 7.61. The summed E-state index contributed by atoms with van der Waals surface area (Å²) in [6.07, 6.45) is 9.11. The number of piperidine rings is 1. The van der Waals surface area contributed by atoms with Crippen molar-refractivity contribution in [1.82, 2.24) is 20.1 Å². The molecule has 1 aliphatic heterocycles. The summed E-state index contributed by atoms with van der Waals surface area (Å²) in [6, 6.07) is 20.1. The van der Waals surface area contributed by atoms with Crippen LogP contribution in [-0.2, 0) is 30.4 Å². The van der Waals surface area contributed by atoms with Gasteiger partial charge in [0, 0.05) is 5.56 Å². The van der Waals surface area contributed by atoms with Gasteiger partial charge in [-0.3, -0.25) is 0 Å². The smallest absolute Gasteiger partial charge is 0.341 e. The number of aryl methyl sites for hydroxylation is 2. The molecule has 2 aromatic carbocycles. The highest BCUT2D eigenvalue weighted by atomic mass is 16.5. The molecule has 6 nitrogen and oxygen atoms in total. The van der Waals surface area contributed by atoms with Gasteiger partial charge in [0.25, 0.3) is 0 Å². The predicted molar refractivity (Wildman–Crippen MR) is 174 cm³/mol. The molecule has 0 saturated carbocycles. The molecule has 4 aromatic rings. The fourth-order valence-electron chi connectivity index (χ4n) is 7.10. The number of rotatable bonds is 9. The van der Waals surface area contributed by atoms with Gasteiger partial charge in [0.15, 0.2) is 5.82 Å². The normalized spacial score (nSPS) is 16.5. The van der Waals surface area contributed by atoms with Gasteiger partial charge >= 0.3 is 5.97 Å². The number of aromatic nitrogens is 3. The van der Waals surface area contributed by atoms with Gasteiger partial charge in [0.1, 0.15) is 5.56 Å². The quantitative estimate of drug-likeness (QED) is 0.207. The second-order valence-electron chi connectivity index (χ2n) is 11.6. The fourth-order valence-corrected chi connectivity index (χ4v) is 7.10. The highest BCUT2D eigenvalue weighted by Crippen LogP contribution is 2.42. The van der Waals surface area contributed by atoms with Crippen LogP contribution in [0.15, 0.2) is 60.8 Å². The van der Waals surface area contributed by atoms with E-state index in [1.54, 1.807) is 16.4 Å². The van der Waals surface area contributed by atoms with Crippen LogP contribution in [0.1, 0.15) is 103 Å². The van der Waals surface area contributed by atoms with Crippen molar-refractivity contribution in [3.63, 3.8) is 0 Å². The number of nitrogens with one attached hydrogen (secondary N) is 1. The molecule has 43 heavy (non-hydrogen) atoms. The summed E-state index contributed by atoms with van der Waals surface area (Å²) in [5.74, 6) is 1.52. The number of carbonyl (C=O) groups is 1. The molecule has 0 radical (unpaired) electrons. The molecule has 0 bridgehead atoms. The topological polar surface area (TPSA) is 69.0 Å². The molecular weight excluding hydrogens is 532 g/mol. The third-order valence-electron chi connectivity index (χ3n) is 9.14. The van der Waals surface area contributed by atoms with E-state index in [0.29, 0.717) is 36.2 Å². The van der Waals surface area contributed by atoms with Crippen LogP contribution in [0.2, 0.25) is 0 Å². The maximum atomic E-state index is 12.5. The maximum Gasteiger partial charge on any atom is 0.341 e. The minimum absolute atomic E-state index is 0. The molecule has 6 heteroatoms. The first kappa shape index (κ1) is 30.7. The van der Waals surface area contributed by atoms with Crippen LogP contribution in [0.4, 0.5) is 0 Å². The Kier molecular flexibility index (Phi) is 9.76. The minimum atomic E-state index is -0.338. The number of hydrogen-bond acceptors (Lipinski definition) is 5. The summed E-state index contributed by atoms with van der Waals surface area (Å²) in [4.78, 5) is 17.6. The van der Waals surface area contributed by atoms with Gasteiger partial charge < -0.3 is 10.1 Å².